The number of aryl methyl sites for hydroxylation is 1. The second-order valence-electron chi connectivity index (χ2n) is 4.23. The molecule has 0 bridgehead atoms. The first kappa shape index (κ1) is 14.5. The molecular weight excluding hydrogens is 325 g/mol. The Morgan fingerprint density at radius 3 is 2.65 bits per heavy atom. The SMILES string of the molecule is COc1ccc(NC(=O)c2c(F)cccc2Br)c(C)c1. The molecule has 0 aliphatic rings. The molecule has 0 aliphatic heterocycles. The molecule has 2 aromatic rings. The summed E-state index contributed by atoms with van der Waals surface area (Å²) in [6.45, 7) is 1.84. The summed E-state index contributed by atoms with van der Waals surface area (Å²) in [5.74, 6) is -0.362. The summed E-state index contributed by atoms with van der Waals surface area (Å²) in [4.78, 5) is 12.2. The molecule has 0 saturated carbocycles. The first-order valence-electron chi connectivity index (χ1n) is 5.93. The van der Waals surface area contributed by atoms with Gasteiger partial charge in [-0.15, -0.1) is 0 Å². The van der Waals surface area contributed by atoms with Crippen molar-refractivity contribution in [3.05, 3.63) is 57.8 Å². The molecule has 1 amide bonds. The molecule has 0 aliphatic carbocycles. The molecule has 1 N–H and O–H groups in total. The third-order valence-corrected chi connectivity index (χ3v) is 3.53. The van der Waals surface area contributed by atoms with E-state index >= 15 is 0 Å². The van der Waals surface area contributed by atoms with Gasteiger partial charge in [-0.1, -0.05) is 6.07 Å². The number of amides is 1. The van der Waals surface area contributed by atoms with Crippen molar-refractivity contribution in [2.45, 2.75) is 6.92 Å². The summed E-state index contributed by atoms with van der Waals surface area (Å²) >= 11 is 3.18. The van der Waals surface area contributed by atoms with Crippen LogP contribution in [0.2, 0.25) is 0 Å². The van der Waals surface area contributed by atoms with E-state index in [1.54, 1.807) is 31.4 Å². The number of nitrogens with one attached hydrogen (secondary N) is 1. The van der Waals surface area contributed by atoms with E-state index in [0.29, 0.717) is 15.9 Å². The Kier molecular flexibility index (Phi) is 4.39. The Morgan fingerprint density at radius 2 is 2.05 bits per heavy atom. The van der Waals surface area contributed by atoms with Crippen molar-refractivity contribution in [2.24, 2.45) is 0 Å². The predicted molar refractivity (Wildman–Crippen MR) is 79.8 cm³/mol. The van der Waals surface area contributed by atoms with Crippen LogP contribution in [0.25, 0.3) is 0 Å². The van der Waals surface area contributed by atoms with Crippen molar-refractivity contribution in [2.75, 3.05) is 12.4 Å². The quantitative estimate of drug-likeness (QED) is 0.913. The van der Waals surface area contributed by atoms with Gasteiger partial charge >= 0.3 is 0 Å². The molecule has 0 saturated heterocycles. The van der Waals surface area contributed by atoms with Crippen LogP contribution in [0.15, 0.2) is 40.9 Å². The van der Waals surface area contributed by atoms with Crippen LogP contribution in [-0.2, 0) is 0 Å². The molecule has 5 heteroatoms. The van der Waals surface area contributed by atoms with Gasteiger partial charge in [-0.05, 0) is 58.7 Å². The van der Waals surface area contributed by atoms with Crippen molar-refractivity contribution < 1.29 is 13.9 Å². The highest BCUT2D eigenvalue weighted by Crippen LogP contribution is 2.24. The van der Waals surface area contributed by atoms with Gasteiger partial charge in [-0.3, -0.25) is 4.79 Å². The van der Waals surface area contributed by atoms with E-state index in [2.05, 4.69) is 21.2 Å². The van der Waals surface area contributed by atoms with Gasteiger partial charge in [-0.2, -0.15) is 0 Å². The zero-order valence-corrected chi connectivity index (χ0v) is 12.6. The van der Waals surface area contributed by atoms with E-state index in [1.165, 1.54) is 12.1 Å². The van der Waals surface area contributed by atoms with Gasteiger partial charge in [-0.25, -0.2) is 4.39 Å². The monoisotopic (exact) mass is 337 g/mol. The van der Waals surface area contributed by atoms with Gasteiger partial charge in [0.05, 0.1) is 12.7 Å². The average Bonchev–Trinajstić information content (AvgIpc) is 2.41. The fourth-order valence-electron chi connectivity index (χ4n) is 1.80. The minimum atomic E-state index is -0.567. The molecule has 2 rings (SSSR count). The topological polar surface area (TPSA) is 38.3 Å². The minimum Gasteiger partial charge on any atom is -0.497 e. The lowest BCUT2D eigenvalue weighted by atomic mass is 10.1. The molecule has 0 fully saturated rings. The molecular formula is C15H13BrFNO2. The molecule has 3 nitrogen and oxygen atoms in total. The smallest absolute Gasteiger partial charge is 0.259 e. The lowest BCUT2D eigenvalue weighted by Gasteiger charge is -2.11. The van der Waals surface area contributed by atoms with Crippen LogP contribution in [0.3, 0.4) is 0 Å². The lowest BCUT2D eigenvalue weighted by molar-refractivity contribution is 0.102. The van der Waals surface area contributed by atoms with Crippen molar-refractivity contribution in [1.29, 1.82) is 0 Å². The van der Waals surface area contributed by atoms with Crippen LogP contribution in [0.1, 0.15) is 15.9 Å². The van der Waals surface area contributed by atoms with Gasteiger partial charge < -0.3 is 10.1 Å². The average molecular weight is 338 g/mol. The first-order valence-corrected chi connectivity index (χ1v) is 6.72. The lowest BCUT2D eigenvalue weighted by Crippen LogP contribution is -2.15. The van der Waals surface area contributed by atoms with E-state index in [4.69, 9.17) is 4.74 Å². The number of benzene rings is 2. The maximum Gasteiger partial charge on any atom is 0.259 e. The summed E-state index contributed by atoms with van der Waals surface area (Å²) < 4.78 is 19.2. The molecule has 0 unspecified atom stereocenters. The highest BCUT2D eigenvalue weighted by Gasteiger charge is 2.16. The van der Waals surface area contributed by atoms with Crippen LogP contribution in [0, 0.1) is 12.7 Å². The highest BCUT2D eigenvalue weighted by molar-refractivity contribution is 9.10. The van der Waals surface area contributed by atoms with Crippen molar-refractivity contribution in [3.63, 3.8) is 0 Å². The summed E-state index contributed by atoms with van der Waals surface area (Å²) in [5.41, 5.74) is 1.44. The third-order valence-electron chi connectivity index (χ3n) is 2.87. The minimum absolute atomic E-state index is 0.0114. The predicted octanol–water partition coefficient (Wildman–Crippen LogP) is 4.16. The van der Waals surface area contributed by atoms with Gasteiger partial charge in [0.1, 0.15) is 11.6 Å². The van der Waals surface area contributed by atoms with E-state index < -0.39 is 11.7 Å². The molecule has 0 spiro atoms. The second-order valence-corrected chi connectivity index (χ2v) is 5.09. The van der Waals surface area contributed by atoms with Crippen LogP contribution in [0.5, 0.6) is 5.75 Å². The van der Waals surface area contributed by atoms with Crippen LogP contribution in [-0.4, -0.2) is 13.0 Å². The molecule has 20 heavy (non-hydrogen) atoms. The summed E-state index contributed by atoms with van der Waals surface area (Å²) in [6, 6.07) is 9.67. The number of rotatable bonds is 3. The molecule has 104 valence electrons. The molecule has 0 radical (unpaired) electrons. The number of hydrogen-bond donors (Lipinski definition) is 1. The van der Waals surface area contributed by atoms with Crippen molar-refractivity contribution in [1.82, 2.24) is 0 Å². The Bertz CT molecular complexity index is 638. The van der Waals surface area contributed by atoms with Crippen LogP contribution in [0.4, 0.5) is 10.1 Å². The standard InChI is InChI=1S/C15H13BrFNO2/c1-9-8-10(20-2)6-7-13(9)18-15(19)14-11(16)4-3-5-12(14)17/h3-8H,1-2H3,(H,18,19). The van der Waals surface area contributed by atoms with Gasteiger partial charge in [0.25, 0.3) is 5.91 Å². The van der Waals surface area contributed by atoms with Crippen LogP contribution < -0.4 is 10.1 Å². The van der Waals surface area contributed by atoms with Crippen molar-refractivity contribution in [3.8, 4) is 5.75 Å². The Morgan fingerprint density at radius 1 is 1.30 bits per heavy atom. The second kappa shape index (κ2) is 6.05. The normalized spacial score (nSPS) is 10.2. The zero-order valence-electron chi connectivity index (χ0n) is 11.0. The van der Waals surface area contributed by atoms with E-state index in [9.17, 15) is 9.18 Å². The van der Waals surface area contributed by atoms with Gasteiger partial charge in [0, 0.05) is 10.2 Å². The maximum atomic E-state index is 13.7. The largest absolute Gasteiger partial charge is 0.497 e. The number of methoxy groups -OCH3 is 1. The third kappa shape index (κ3) is 2.99. The maximum absolute atomic E-state index is 13.7. The number of hydrogen-bond acceptors (Lipinski definition) is 2. The molecule has 0 heterocycles. The number of ether oxygens (including phenoxy) is 1. The van der Waals surface area contributed by atoms with E-state index in [-0.39, 0.29) is 5.56 Å². The fourth-order valence-corrected chi connectivity index (χ4v) is 2.32. The number of anilines is 1. The van der Waals surface area contributed by atoms with Gasteiger partial charge in [0.15, 0.2) is 0 Å². The molecule has 2 aromatic carbocycles. The number of carbonyl (C=O) groups excluding carboxylic acids is 1. The summed E-state index contributed by atoms with van der Waals surface area (Å²) in [6.07, 6.45) is 0. The highest BCUT2D eigenvalue weighted by atomic mass is 79.9. The molecule has 0 atom stereocenters. The van der Waals surface area contributed by atoms with E-state index in [0.717, 1.165) is 5.56 Å². The van der Waals surface area contributed by atoms with Gasteiger partial charge in [0.2, 0.25) is 0 Å². The fraction of sp³-hybridized carbons (Fsp3) is 0.133. The van der Waals surface area contributed by atoms with Crippen LogP contribution >= 0.6 is 15.9 Å². The van der Waals surface area contributed by atoms with Crippen molar-refractivity contribution >= 4 is 27.5 Å². The summed E-state index contributed by atoms with van der Waals surface area (Å²) in [7, 11) is 1.57. The van der Waals surface area contributed by atoms with E-state index in [1.807, 2.05) is 6.92 Å². The zero-order chi connectivity index (χ0) is 14.7. The Labute approximate surface area is 124 Å². The Balaban J connectivity index is 2.28. The molecule has 0 aromatic heterocycles. The summed E-state index contributed by atoms with van der Waals surface area (Å²) in [5, 5.41) is 2.69. The number of halogens is 2. The first-order chi connectivity index (χ1) is 9.52. The Hall–Kier alpha value is -1.88. The number of carbonyl (C=O) groups is 1.